The summed E-state index contributed by atoms with van der Waals surface area (Å²) < 4.78 is 28.8. The van der Waals surface area contributed by atoms with Crippen molar-refractivity contribution in [3.8, 4) is 0 Å². The van der Waals surface area contributed by atoms with Crippen LogP contribution in [-0.2, 0) is 15.0 Å². The van der Waals surface area contributed by atoms with E-state index in [-0.39, 0.29) is 0 Å². The van der Waals surface area contributed by atoms with E-state index < -0.39 is 21.7 Å². The zero-order valence-corrected chi connectivity index (χ0v) is 12.8. The predicted octanol–water partition coefficient (Wildman–Crippen LogP) is 1.34. The molecule has 7 heteroatoms. The number of rotatable bonds is 4. The van der Waals surface area contributed by atoms with Gasteiger partial charge in [-0.15, -0.1) is 0 Å². The summed E-state index contributed by atoms with van der Waals surface area (Å²) in [6, 6.07) is 0. The van der Waals surface area contributed by atoms with Crippen LogP contribution in [0.15, 0.2) is 0 Å². The van der Waals surface area contributed by atoms with Gasteiger partial charge in [-0.2, -0.15) is 17.4 Å². The van der Waals surface area contributed by atoms with Crippen molar-refractivity contribution in [3.63, 3.8) is 0 Å². The highest BCUT2D eigenvalue weighted by Crippen LogP contribution is 2.30. The molecule has 0 aromatic rings. The van der Waals surface area contributed by atoms with Gasteiger partial charge in [0.1, 0.15) is 5.54 Å². The van der Waals surface area contributed by atoms with Crippen molar-refractivity contribution in [3.05, 3.63) is 0 Å². The second-order valence-electron chi connectivity index (χ2n) is 6.16. The molecule has 1 unspecified atom stereocenters. The standard InChI is InChI=1S/C13H24N2O4S/c1-11-6-5-9-15(10-11)20(18,19)14-13(12(16)17)7-3-2-4-8-13/h11,14H,2-10H2,1H3,(H,16,17). The van der Waals surface area contributed by atoms with Gasteiger partial charge in [0, 0.05) is 13.1 Å². The van der Waals surface area contributed by atoms with E-state index >= 15 is 0 Å². The van der Waals surface area contributed by atoms with Crippen molar-refractivity contribution in [1.29, 1.82) is 0 Å². The van der Waals surface area contributed by atoms with E-state index in [2.05, 4.69) is 4.72 Å². The van der Waals surface area contributed by atoms with Gasteiger partial charge in [-0.1, -0.05) is 26.2 Å². The zero-order chi connectivity index (χ0) is 14.8. The summed E-state index contributed by atoms with van der Waals surface area (Å²) in [7, 11) is -3.72. The highest BCUT2D eigenvalue weighted by Gasteiger charge is 2.44. The van der Waals surface area contributed by atoms with E-state index in [1.54, 1.807) is 0 Å². The summed E-state index contributed by atoms with van der Waals surface area (Å²) in [6.45, 7) is 2.98. The Morgan fingerprint density at radius 1 is 1.25 bits per heavy atom. The minimum atomic E-state index is -3.72. The Hall–Kier alpha value is -0.660. The SMILES string of the molecule is CC1CCCN(S(=O)(=O)NC2(C(=O)O)CCCCC2)C1. The monoisotopic (exact) mass is 304 g/mol. The number of nitrogens with one attached hydrogen (secondary N) is 1. The molecule has 20 heavy (non-hydrogen) atoms. The van der Waals surface area contributed by atoms with Crippen LogP contribution in [0.3, 0.4) is 0 Å². The van der Waals surface area contributed by atoms with Gasteiger partial charge in [0.25, 0.3) is 10.2 Å². The molecule has 0 amide bonds. The molecule has 2 rings (SSSR count). The third-order valence-corrected chi connectivity index (χ3v) is 6.06. The summed E-state index contributed by atoms with van der Waals surface area (Å²) in [5.74, 6) is -0.724. The summed E-state index contributed by atoms with van der Waals surface area (Å²) in [5, 5.41) is 9.46. The lowest BCUT2D eigenvalue weighted by Crippen LogP contribution is -2.59. The van der Waals surface area contributed by atoms with Gasteiger partial charge >= 0.3 is 5.97 Å². The lowest BCUT2D eigenvalue weighted by Gasteiger charge is -2.37. The second-order valence-corrected chi connectivity index (χ2v) is 7.83. The molecule has 116 valence electrons. The van der Waals surface area contributed by atoms with Crippen LogP contribution in [0.25, 0.3) is 0 Å². The fourth-order valence-electron chi connectivity index (χ4n) is 3.19. The van der Waals surface area contributed by atoms with Gasteiger partial charge in [-0.25, -0.2) is 0 Å². The van der Waals surface area contributed by atoms with Crippen molar-refractivity contribution >= 4 is 16.2 Å². The molecule has 1 saturated carbocycles. The molecule has 6 nitrogen and oxygen atoms in total. The number of carboxylic acid groups (broad SMARTS) is 1. The Labute approximate surface area is 120 Å². The fraction of sp³-hybridized carbons (Fsp3) is 0.923. The normalized spacial score (nSPS) is 28.1. The van der Waals surface area contributed by atoms with Crippen molar-refractivity contribution in [2.24, 2.45) is 5.92 Å². The van der Waals surface area contributed by atoms with Crippen LogP contribution in [0.5, 0.6) is 0 Å². The molecule has 2 fully saturated rings. The van der Waals surface area contributed by atoms with Crippen LogP contribution in [-0.4, -0.2) is 42.4 Å². The molecule has 1 atom stereocenters. The lowest BCUT2D eigenvalue weighted by atomic mass is 9.83. The summed E-state index contributed by atoms with van der Waals surface area (Å²) in [5.41, 5.74) is -1.31. The molecule has 2 aliphatic rings. The molecule has 2 N–H and O–H groups in total. The van der Waals surface area contributed by atoms with E-state index in [0.29, 0.717) is 31.8 Å². The maximum absolute atomic E-state index is 12.5. The number of nitrogens with zero attached hydrogens (tertiary/aromatic N) is 1. The lowest BCUT2D eigenvalue weighted by molar-refractivity contribution is -0.145. The molecule has 0 spiro atoms. The first-order chi connectivity index (χ1) is 9.36. The van der Waals surface area contributed by atoms with E-state index in [1.165, 1.54) is 4.31 Å². The van der Waals surface area contributed by atoms with Crippen LogP contribution in [0.2, 0.25) is 0 Å². The Kier molecular flexibility index (Phi) is 4.71. The molecule has 1 aliphatic carbocycles. The van der Waals surface area contributed by atoms with Crippen molar-refractivity contribution in [2.75, 3.05) is 13.1 Å². The van der Waals surface area contributed by atoms with Crippen molar-refractivity contribution in [2.45, 2.75) is 57.4 Å². The van der Waals surface area contributed by atoms with Crippen LogP contribution < -0.4 is 4.72 Å². The molecule has 0 aromatic heterocycles. The number of aliphatic carboxylic acids is 1. The zero-order valence-electron chi connectivity index (χ0n) is 12.0. The van der Waals surface area contributed by atoms with E-state index in [1.807, 2.05) is 6.92 Å². The average Bonchev–Trinajstić information content (AvgIpc) is 2.39. The number of piperidine rings is 1. The van der Waals surface area contributed by atoms with Crippen LogP contribution in [0.1, 0.15) is 51.9 Å². The fourth-order valence-corrected chi connectivity index (χ4v) is 4.93. The van der Waals surface area contributed by atoms with Crippen LogP contribution in [0.4, 0.5) is 0 Å². The van der Waals surface area contributed by atoms with E-state index in [4.69, 9.17) is 0 Å². The molecule has 1 heterocycles. The van der Waals surface area contributed by atoms with Crippen LogP contribution in [0, 0.1) is 5.92 Å². The predicted molar refractivity (Wildman–Crippen MR) is 75.5 cm³/mol. The quantitative estimate of drug-likeness (QED) is 0.820. The molecule has 1 saturated heterocycles. The Bertz CT molecular complexity index is 457. The summed E-state index contributed by atoms with van der Waals surface area (Å²) in [4.78, 5) is 11.6. The molecular weight excluding hydrogens is 280 g/mol. The number of hydrogen-bond donors (Lipinski definition) is 2. The van der Waals surface area contributed by atoms with Gasteiger partial charge in [0.2, 0.25) is 0 Å². The maximum Gasteiger partial charge on any atom is 0.324 e. The maximum atomic E-state index is 12.5. The van der Waals surface area contributed by atoms with Crippen LogP contribution >= 0.6 is 0 Å². The molecule has 0 aromatic carbocycles. The Morgan fingerprint density at radius 2 is 1.90 bits per heavy atom. The minimum absolute atomic E-state index is 0.326. The third kappa shape index (κ3) is 3.32. The smallest absolute Gasteiger partial charge is 0.324 e. The first kappa shape index (κ1) is 15.7. The van der Waals surface area contributed by atoms with Gasteiger partial charge in [-0.05, 0) is 31.6 Å². The average molecular weight is 304 g/mol. The Balaban J connectivity index is 2.14. The van der Waals surface area contributed by atoms with E-state index in [0.717, 1.165) is 32.1 Å². The molecule has 0 radical (unpaired) electrons. The highest BCUT2D eigenvalue weighted by atomic mass is 32.2. The molecule has 0 bridgehead atoms. The van der Waals surface area contributed by atoms with Crippen molar-refractivity contribution in [1.82, 2.24) is 9.03 Å². The van der Waals surface area contributed by atoms with Gasteiger partial charge in [0.15, 0.2) is 0 Å². The molecule has 1 aliphatic heterocycles. The highest BCUT2D eigenvalue weighted by molar-refractivity contribution is 7.87. The number of carboxylic acids is 1. The van der Waals surface area contributed by atoms with Gasteiger partial charge < -0.3 is 5.11 Å². The largest absolute Gasteiger partial charge is 0.480 e. The summed E-state index contributed by atoms with van der Waals surface area (Å²) >= 11 is 0. The number of hydrogen-bond acceptors (Lipinski definition) is 3. The third-order valence-electron chi connectivity index (χ3n) is 4.40. The first-order valence-electron chi connectivity index (χ1n) is 7.38. The Morgan fingerprint density at radius 3 is 2.45 bits per heavy atom. The minimum Gasteiger partial charge on any atom is -0.480 e. The van der Waals surface area contributed by atoms with Gasteiger partial charge in [0.05, 0.1) is 0 Å². The summed E-state index contributed by atoms with van der Waals surface area (Å²) in [6.07, 6.45) is 5.10. The topological polar surface area (TPSA) is 86.7 Å². The number of carbonyl (C=O) groups is 1. The van der Waals surface area contributed by atoms with Gasteiger partial charge in [-0.3, -0.25) is 4.79 Å². The van der Waals surface area contributed by atoms with E-state index in [9.17, 15) is 18.3 Å². The second kappa shape index (κ2) is 5.99. The van der Waals surface area contributed by atoms with Crippen molar-refractivity contribution < 1.29 is 18.3 Å². The first-order valence-corrected chi connectivity index (χ1v) is 8.82. The molecular formula is C13H24N2O4S.